The third-order valence-electron chi connectivity index (χ3n) is 4.46. The zero-order chi connectivity index (χ0) is 16.9. The standard InChI is InChI=1S/C17H26N6O/c1-14-9-20-23(11-14)6-3-5-18-17(24)22-7-4-15(13-22)8-16-10-19-21(2)12-16/h9-12,15H,3-8,13H2,1-2H3,(H,18,24)/t15-/m1/s1. The highest BCUT2D eigenvalue weighted by atomic mass is 16.2. The number of aromatic nitrogens is 4. The summed E-state index contributed by atoms with van der Waals surface area (Å²) < 4.78 is 3.75. The molecule has 24 heavy (non-hydrogen) atoms. The van der Waals surface area contributed by atoms with E-state index in [9.17, 15) is 4.79 Å². The van der Waals surface area contributed by atoms with Gasteiger partial charge in [0.15, 0.2) is 0 Å². The largest absolute Gasteiger partial charge is 0.338 e. The van der Waals surface area contributed by atoms with Crippen LogP contribution in [0.25, 0.3) is 0 Å². The Morgan fingerprint density at radius 1 is 1.33 bits per heavy atom. The van der Waals surface area contributed by atoms with Crippen LogP contribution in [0.2, 0.25) is 0 Å². The molecule has 2 aromatic rings. The first-order valence-electron chi connectivity index (χ1n) is 8.59. The number of carbonyl (C=O) groups excluding carboxylic acids is 1. The lowest BCUT2D eigenvalue weighted by Crippen LogP contribution is -2.39. The van der Waals surface area contributed by atoms with E-state index in [1.165, 1.54) is 5.56 Å². The lowest BCUT2D eigenvalue weighted by atomic mass is 10.0. The van der Waals surface area contributed by atoms with Crippen LogP contribution in [0, 0.1) is 12.8 Å². The third-order valence-corrected chi connectivity index (χ3v) is 4.46. The predicted molar refractivity (Wildman–Crippen MR) is 91.6 cm³/mol. The van der Waals surface area contributed by atoms with E-state index in [1.807, 2.05) is 46.8 Å². The fourth-order valence-electron chi connectivity index (χ4n) is 3.23. The van der Waals surface area contributed by atoms with Crippen LogP contribution in [0.1, 0.15) is 24.0 Å². The summed E-state index contributed by atoms with van der Waals surface area (Å²) in [6.45, 7) is 5.22. The van der Waals surface area contributed by atoms with Crippen molar-refractivity contribution < 1.29 is 4.79 Å². The van der Waals surface area contributed by atoms with E-state index >= 15 is 0 Å². The molecule has 0 aliphatic carbocycles. The van der Waals surface area contributed by atoms with Crippen LogP contribution >= 0.6 is 0 Å². The van der Waals surface area contributed by atoms with E-state index in [0.29, 0.717) is 12.5 Å². The molecule has 3 heterocycles. The highest BCUT2D eigenvalue weighted by molar-refractivity contribution is 5.74. The van der Waals surface area contributed by atoms with E-state index in [4.69, 9.17) is 0 Å². The number of likely N-dealkylation sites (tertiary alicyclic amines) is 1. The Labute approximate surface area is 142 Å². The Morgan fingerprint density at radius 2 is 2.21 bits per heavy atom. The summed E-state index contributed by atoms with van der Waals surface area (Å²) in [5.41, 5.74) is 2.41. The van der Waals surface area contributed by atoms with Gasteiger partial charge in [0.25, 0.3) is 0 Å². The normalized spacial score (nSPS) is 17.4. The SMILES string of the molecule is Cc1cnn(CCCNC(=O)N2CC[C@H](Cc3cnn(C)c3)C2)c1. The van der Waals surface area contributed by atoms with E-state index in [-0.39, 0.29) is 6.03 Å². The summed E-state index contributed by atoms with van der Waals surface area (Å²) in [5.74, 6) is 0.534. The zero-order valence-electron chi connectivity index (χ0n) is 14.5. The molecule has 0 aromatic carbocycles. The Bertz CT molecular complexity index is 676. The van der Waals surface area contributed by atoms with Crippen LogP contribution in [-0.4, -0.2) is 50.1 Å². The van der Waals surface area contributed by atoms with Crippen molar-refractivity contribution in [1.29, 1.82) is 0 Å². The molecular formula is C17H26N6O. The topological polar surface area (TPSA) is 68.0 Å². The Kier molecular flexibility index (Phi) is 5.17. The number of urea groups is 1. The lowest BCUT2D eigenvalue weighted by Gasteiger charge is -2.17. The number of nitrogens with zero attached hydrogens (tertiary/aromatic N) is 5. The van der Waals surface area contributed by atoms with Gasteiger partial charge >= 0.3 is 6.03 Å². The highest BCUT2D eigenvalue weighted by Gasteiger charge is 2.26. The zero-order valence-corrected chi connectivity index (χ0v) is 14.5. The first-order chi connectivity index (χ1) is 11.6. The van der Waals surface area contributed by atoms with Crippen LogP contribution in [0.15, 0.2) is 24.8 Å². The van der Waals surface area contributed by atoms with E-state index in [0.717, 1.165) is 44.5 Å². The molecule has 1 aliphatic heterocycles. The van der Waals surface area contributed by atoms with Crippen LogP contribution < -0.4 is 5.32 Å². The number of rotatable bonds is 6. The van der Waals surface area contributed by atoms with Crippen LogP contribution in [-0.2, 0) is 20.0 Å². The Hall–Kier alpha value is -2.31. The van der Waals surface area contributed by atoms with Gasteiger partial charge in [0.2, 0.25) is 0 Å². The minimum Gasteiger partial charge on any atom is -0.338 e. The quantitative estimate of drug-likeness (QED) is 0.818. The van der Waals surface area contributed by atoms with Crippen molar-refractivity contribution >= 4 is 6.03 Å². The van der Waals surface area contributed by atoms with Gasteiger partial charge in [0, 0.05) is 45.6 Å². The maximum Gasteiger partial charge on any atom is 0.317 e. The van der Waals surface area contributed by atoms with Crippen LogP contribution in [0.4, 0.5) is 4.79 Å². The predicted octanol–water partition coefficient (Wildman–Crippen LogP) is 1.59. The molecule has 1 aliphatic rings. The smallest absolute Gasteiger partial charge is 0.317 e. The molecule has 0 saturated carbocycles. The summed E-state index contributed by atoms with van der Waals surface area (Å²) in [6, 6.07) is 0.0559. The van der Waals surface area contributed by atoms with E-state index in [1.54, 1.807) is 0 Å². The third kappa shape index (κ3) is 4.37. The summed E-state index contributed by atoms with van der Waals surface area (Å²) >= 11 is 0. The second kappa shape index (κ2) is 7.51. The molecular weight excluding hydrogens is 304 g/mol. The Balaban J connectivity index is 1.35. The van der Waals surface area contributed by atoms with Gasteiger partial charge in [-0.3, -0.25) is 9.36 Å². The van der Waals surface area contributed by atoms with Gasteiger partial charge in [0.1, 0.15) is 0 Å². The van der Waals surface area contributed by atoms with Gasteiger partial charge in [-0.05, 0) is 43.2 Å². The minimum absolute atomic E-state index is 0.0559. The average molecular weight is 330 g/mol. The van der Waals surface area contributed by atoms with Gasteiger partial charge in [-0.1, -0.05) is 0 Å². The average Bonchev–Trinajstić information content (AvgIpc) is 3.27. The van der Waals surface area contributed by atoms with E-state index < -0.39 is 0 Å². The molecule has 1 saturated heterocycles. The number of hydrogen-bond donors (Lipinski definition) is 1. The van der Waals surface area contributed by atoms with Crippen molar-refractivity contribution in [3.63, 3.8) is 0 Å². The van der Waals surface area contributed by atoms with Crippen LogP contribution in [0.5, 0.6) is 0 Å². The first-order valence-corrected chi connectivity index (χ1v) is 8.59. The molecule has 0 unspecified atom stereocenters. The summed E-state index contributed by atoms with van der Waals surface area (Å²) in [7, 11) is 1.93. The molecule has 0 radical (unpaired) electrons. The molecule has 3 rings (SSSR count). The molecule has 7 heteroatoms. The molecule has 2 amide bonds. The monoisotopic (exact) mass is 330 g/mol. The maximum absolute atomic E-state index is 12.2. The number of carbonyl (C=O) groups is 1. The molecule has 1 fully saturated rings. The van der Waals surface area contributed by atoms with Crippen molar-refractivity contribution in [1.82, 2.24) is 29.8 Å². The number of aryl methyl sites for hydroxylation is 3. The summed E-state index contributed by atoms with van der Waals surface area (Å²) in [4.78, 5) is 14.2. The van der Waals surface area contributed by atoms with Crippen molar-refractivity contribution in [3.05, 3.63) is 35.9 Å². The molecule has 7 nitrogen and oxygen atoms in total. The van der Waals surface area contributed by atoms with Gasteiger partial charge in [-0.25, -0.2) is 4.79 Å². The van der Waals surface area contributed by atoms with Crippen LogP contribution in [0.3, 0.4) is 0 Å². The van der Waals surface area contributed by atoms with Gasteiger partial charge in [-0.15, -0.1) is 0 Å². The minimum atomic E-state index is 0.0559. The molecule has 130 valence electrons. The molecule has 1 N–H and O–H groups in total. The first kappa shape index (κ1) is 16.5. The van der Waals surface area contributed by atoms with E-state index in [2.05, 4.69) is 21.7 Å². The van der Waals surface area contributed by atoms with Crippen molar-refractivity contribution in [3.8, 4) is 0 Å². The van der Waals surface area contributed by atoms with Gasteiger partial charge in [-0.2, -0.15) is 10.2 Å². The lowest BCUT2D eigenvalue weighted by molar-refractivity contribution is 0.206. The number of hydrogen-bond acceptors (Lipinski definition) is 3. The molecule has 1 atom stereocenters. The molecule has 2 aromatic heterocycles. The molecule has 0 spiro atoms. The number of nitrogens with one attached hydrogen (secondary N) is 1. The van der Waals surface area contributed by atoms with Gasteiger partial charge in [0.05, 0.1) is 12.4 Å². The Morgan fingerprint density at radius 3 is 2.92 bits per heavy atom. The van der Waals surface area contributed by atoms with Crippen molar-refractivity contribution in [2.45, 2.75) is 32.7 Å². The number of amides is 2. The molecule has 0 bridgehead atoms. The second-order valence-corrected chi connectivity index (χ2v) is 6.69. The highest BCUT2D eigenvalue weighted by Crippen LogP contribution is 2.20. The van der Waals surface area contributed by atoms with Gasteiger partial charge < -0.3 is 10.2 Å². The fraction of sp³-hybridized carbons (Fsp3) is 0.588. The second-order valence-electron chi connectivity index (χ2n) is 6.69. The summed E-state index contributed by atoms with van der Waals surface area (Å²) in [6.07, 6.45) is 10.8. The van der Waals surface area contributed by atoms with Crippen molar-refractivity contribution in [2.75, 3.05) is 19.6 Å². The fourth-order valence-corrected chi connectivity index (χ4v) is 3.23. The summed E-state index contributed by atoms with van der Waals surface area (Å²) in [5, 5.41) is 11.5. The maximum atomic E-state index is 12.2. The van der Waals surface area contributed by atoms with Crippen molar-refractivity contribution in [2.24, 2.45) is 13.0 Å².